The number of amides is 1. The van der Waals surface area contributed by atoms with Gasteiger partial charge in [0.1, 0.15) is 0 Å². The predicted molar refractivity (Wildman–Crippen MR) is 78.3 cm³/mol. The molecular weight excluding hydrogens is 365 g/mol. The summed E-state index contributed by atoms with van der Waals surface area (Å²) >= 11 is 2.18. The molecule has 1 heterocycles. The van der Waals surface area contributed by atoms with Gasteiger partial charge in [-0.25, -0.2) is 8.42 Å². The van der Waals surface area contributed by atoms with Gasteiger partial charge in [0.2, 0.25) is 0 Å². The molecule has 1 amide bonds. The van der Waals surface area contributed by atoms with Gasteiger partial charge in [-0.15, -0.1) is 0 Å². The number of halogens is 1. The van der Waals surface area contributed by atoms with E-state index in [1.807, 2.05) is 12.1 Å². The average molecular weight is 379 g/mol. The summed E-state index contributed by atoms with van der Waals surface area (Å²) in [5, 5.41) is 0. The summed E-state index contributed by atoms with van der Waals surface area (Å²) in [5.74, 6) is 0.148. The first-order valence-electron chi connectivity index (χ1n) is 5.62. The van der Waals surface area contributed by atoms with E-state index in [4.69, 9.17) is 0 Å². The van der Waals surface area contributed by atoms with Gasteiger partial charge in [0, 0.05) is 22.2 Å². The topological polar surface area (TPSA) is 54.5 Å². The molecule has 1 fully saturated rings. The summed E-state index contributed by atoms with van der Waals surface area (Å²) in [4.78, 5) is 13.7. The molecule has 1 unspecified atom stereocenters. The first-order chi connectivity index (χ1) is 8.39. The van der Waals surface area contributed by atoms with Crippen molar-refractivity contribution < 1.29 is 13.2 Å². The minimum absolute atomic E-state index is 0.0829. The van der Waals surface area contributed by atoms with Crippen molar-refractivity contribution in [2.75, 3.05) is 18.6 Å². The molecule has 1 aliphatic rings. The lowest BCUT2D eigenvalue weighted by molar-refractivity contribution is 0.0747. The molecule has 98 valence electrons. The Morgan fingerprint density at radius 1 is 1.33 bits per heavy atom. The third-order valence-electron chi connectivity index (χ3n) is 3.17. The second-order valence-corrected chi connectivity index (χ2v) is 7.95. The van der Waals surface area contributed by atoms with E-state index in [2.05, 4.69) is 22.6 Å². The maximum absolute atomic E-state index is 12.2. The number of nitrogens with zero attached hydrogens (tertiary/aromatic N) is 1. The van der Waals surface area contributed by atoms with Crippen molar-refractivity contribution in [1.29, 1.82) is 0 Å². The minimum atomic E-state index is -2.96. The smallest absolute Gasteiger partial charge is 0.253 e. The van der Waals surface area contributed by atoms with E-state index >= 15 is 0 Å². The Labute approximate surface area is 120 Å². The van der Waals surface area contributed by atoms with Gasteiger partial charge in [-0.1, -0.05) is 0 Å². The molecule has 6 heteroatoms. The van der Waals surface area contributed by atoms with Gasteiger partial charge in [-0.05, 0) is 53.3 Å². The van der Waals surface area contributed by atoms with E-state index in [9.17, 15) is 13.2 Å². The van der Waals surface area contributed by atoms with Crippen molar-refractivity contribution in [2.45, 2.75) is 12.5 Å². The number of sulfone groups is 1. The molecule has 1 saturated heterocycles. The molecule has 0 saturated carbocycles. The Morgan fingerprint density at radius 3 is 2.44 bits per heavy atom. The number of carbonyl (C=O) groups excluding carboxylic acids is 1. The predicted octanol–water partition coefficient (Wildman–Crippen LogP) is 1.55. The van der Waals surface area contributed by atoms with Crippen LogP contribution >= 0.6 is 22.6 Å². The number of benzene rings is 1. The van der Waals surface area contributed by atoms with Crippen LogP contribution in [0.1, 0.15) is 16.8 Å². The highest BCUT2D eigenvalue weighted by Crippen LogP contribution is 2.18. The SMILES string of the molecule is CN(C(=O)c1ccc(I)cc1)C1CCS(=O)(=O)C1. The summed E-state index contributed by atoms with van der Waals surface area (Å²) in [6, 6.07) is 7.08. The van der Waals surface area contributed by atoms with E-state index in [0.717, 1.165) is 3.57 Å². The quantitative estimate of drug-likeness (QED) is 0.733. The first kappa shape index (κ1) is 13.8. The number of hydrogen-bond donors (Lipinski definition) is 0. The fraction of sp³-hybridized carbons (Fsp3) is 0.417. The molecule has 0 spiro atoms. The summed E-state index contributed by atoms with van der Waals surface area (Å²) in [6.45, 7) is 0. The van der Waals surface area contributed by atoms with E-state index < -0.39 is 9.84 Å². The van der Waals surface area contributed by atoms with Crippen LogP contribution in [0, 0.1) is 3.57 Å². The minimum Gasteiger partial charge on any atom is -0.338 e. The standard InChI is InChI=1S/C12H14INO3S/c1-14(11-6-7-18(16,17)8-11)12(15)9-2-4-10(13)5-3-9/h2-5,11H,6-8H2,1H3. The molecule has 0 aromatic heterocycles. The molecule has 0 radical (unpaired) electrons. The number of hydrogen-bond acceptors (Lipinski definition) is 3. The van der Waals surface area contributed by atoms with Crippen molar-refractivity contribution in [3.63, 3.8) is 0 Å². The fourth-order valence-electron chi connectivity index (χ4n) is 2.04. The van der Waals surface area contributed by atoms with Crippen molar-refractivity contribution in [2.24, 2.45) is 0 Å². The zero-order chi connectivity index (χ0) is 13.3. The van der Waals surface area contributed by atoms with Crippen molar-refractivity contribution in [3.8, 4) is 0 Å². The highest BCUT2D eigenvalue weighted by Gasteiger charge is 2.32. The first-order valence-corrected chi connectivity index (χ1v) is 8.52. The second kappa shape index (κ2) is 5.16. The lowest BCUT2D eigenvalue weighted by atomic mass is 10.1. The maximum Gasteiger partial charge on any atom is 0.253 e. The Balaban J connectivity index is 2.12. The van der Waals surface area contributed by atoms with Gasteiger partial charge in [0.05, 0.1) is 11.5 Å². The van der Waals surface area contributed by atoms with Gasteiger partial charge in [0.25, 0.3) is 5.91 Å². The van der Waals surface area contributed by atoms with Gasteiger partial charge in [-0.2, -0.15) is 0 Å². The highest BCUT2D eigenvalue weighted by molar-refractivity contribution is 14.1. The van der Waals surface area contributed by atoms with Gasteiger partial charge in [-0.3, -0.25) is 4.79 Å². The molecule has 4 nitrogen and oxygen atoms in total. The monoisotopic (exact) mass is 379 g/mol. The molecule has 2 rings (SSSR count). The van der Waals surface area contributed by atoms with Gasteiger partial charge < -0.3 is 4.90 Å². The van der Waals surface area contributed by atoms with E-state index in [1.165, 1.54) is 0 Å². The zero-order valence-electron chi connectivity index (χ0n) is 9.97. The Bertz CT molecular complexity index is 553. The third kappa shape index (κ3) is 3.03. The van der Waals surface area contributed by atoms with Gasteiger partial charge >= 0.3 is 0 Å². The van der Waals surface area contributed by atoms with E-state index in [0.29, 0.717) is 12.0 Å². The fourth-order valence-corrected chi connectivity index (χ4v) is 4.18. The summed E-state index contributed by atoms with van der Waals surface area (Å²) in [6.07, 6.45) is 0.537. The highest BCUT2D eigenvalue weighted by atomic mass is 127. The second-order valence-electron chi connectivity index (χ2n) is 4.48. The maximum atomic E-state index is 12.2. The van der Waals surface area contributed by atoms with Crippen LogP contribution in [0.3, 0.4) is 0 Å². The van der Waals surface area contributed by atoms with Crippen LogP contribution in [0.4, 0.5) is 0 Å². The average Bonchev–Trinajstić information content (AvgIpc) is 2.69. The normalized spacial score (nSPS) is 21.8. The Hall–Kier alpha value is -0.630. The van der Waals surface area contributed by atoms with Crippen molar-refractivity contribution in [3.05, 3.63) is 33.4 Å². The molecule has 1 aliphatic heterocycles. The summed E-state index contributed by atoms with van der Waals surface area (Å²) in [7, 11) is -1.29. The lowest BCUT2D eigenvalue weighted by Gasteiger charge is -2.23. The molecule has 1 atom stereocenters. The molecule has 1 aromatic rings. The number of rotatable bonds is 2. The summed E-state index contributed by atoms with van der Waals surface area (Å²) < 4.78 is 23.9. The molecule has 1 aromatic carbocycles. The van der Waals surface area contributed by atoms with E-state index in [1.54, 1.807) is 24.1 Å². The van der Waals surface area contributed by atoms with Crippen LogP contribution in [0.25, 0.3) is 0 Å². The molecule has 0 aliphatic carbocycles. The van der Waals surface area contributed by atoms with Crippen LogP contribution < -0.4 is 0 Å². The summed E-state index contributed by atoms with van der Waals surface area (Å²) in [5.41, 5.74) is 0.599. The largest absolute Gasteiger partial charge is 0.338 e. The van der Waals surface area contributed by atoms with Crippen LogP contribution in [-0.4, -0.2) is 43.8 Å². The molecule has 0 N–H and O–H groups in total. The van der Waals surface area contributed by atoms with Crippen LogP contribution in [0.15, 0.2) is 24.3 Å². The molecule has 18 heavy (non-hydrogen) atoms. The van der Waals surface area contributed by atoms with Crippen LogP contribution in [-0.2, 0) is 9.84 Å². The Kier molecular flexibility index (Phi) is 3.96. The van der Waals surface area contributed by atoms with Crippen molar-refractivity contribution in [1.82, 2.24) is 4.90 Å². The van der Waals surface area contributed by atoms with Crippen LogP contribution in [0.2, 0.25) is 0 Å². The van der Waals surface area contributed by atoms with Crippen LogP contribution in [0.5, 0.6) is 0 Å². The molecular formula is C12H14INO3S. The van der Waals surface area contributed by atoms with Crippen molar-refractivity contribution >= 4 is 38.3 Å². The lowest BCUT2D eigenvalue weighted by Crippen LogP contribution is -2.37. The molecule has 0 bridgehead atoms. The number of carbonyl (C=O) groups is 1. The Morgan fingerprint density at radius 2 is 1.94 bits per heavy atom. The third-order valence-corrected chi connectivity index (χ3v) is 5.64. The zero-order valence-corrected chi connectivity index (χ0v) is 12.9. The van der Waals surface area contributed by atoms with Gasteiger partial charge in [0.15, 0.2) is 9.84 Å². The van der Waals surface area contributed by atoms with E-state index in [-0.39, 0.29) is 23.5 Å².